The van der Waals surface area contributed by atoms with E-state index in [0.29, 0.717) is 6.04 Å². The first-order valence-electron chi connectivity index (χ1n) is 7.28. The van der Waals surface area contributed by atoms with Crippen molar-refractivity contribution in [1.82, 2.24) is 10.3 Å². The van der Waals surface area contributed by atoms with Crippen LogP contribution in [0.1, 0.15) is 38.5 Å². The lowest BCUT2D eigenvalue weighted by Crippen LogP contribution is -2.41. The van der Waals surface area contributed by atoms with E-state index < -0.39 is 0 Å². The van der Waals surface area contributed by atoms with Gasteiger partial charge in [0.25, 0.3) is 0 Å². The zero-order valence-corrected chi connectivity index (χ0v) is 12.0. The molecule has 4 nitrogen and oxygen atoms in total. The van der Waals surface area contributed by atoms with E-state index in [1.807, 2.05) is 11.6 Å². The van der Waals surface area contributed by atoms with Crippen molar-refractivity contribution in [3.63, 3.8) is 0 Å². The number of nitrogens with zero attached hydrogens (tertiary/aromatic N) is 2. The summed E-state index contributed by atoms with van der Waals surface area (Å²) >= 11 is 1.69. The third-order valence-electron chi connectivity index (χ3n) is 4.28. The Kier molecular flexibility index (Phi) is 4.01. The molecule has 1 amide bonds. The fourth-order valence-corrected chi connectivity index (χ4v) is 3.95. The SMILES string of the molecule is O=C(NC[C@H]1CCCN1c1nccs1)C1CCCC1. The topological polar surface area (TPSA) is 45.2 Å². The largest absolute Gasteiger partial charge is 0.354 e. The lowest BCUT2D eigenvalue weighted by molar-refractivity contribution is -0.124. The van der Waals surface area contributed by atoms with Crippen LogP contribution in [-0.4, -0.2) is 30.0 Å². The number of hydrogen-bond acceptors (Lipinski definition) is 4. The van der Waals surface area contributed by atoms with E-state index in [1.165, 1.54) is 19.3 Å². The van der Waals surface area contributed by atoms with Crippen LogP contribution in [-0.2, 0) is 4.79 Å². The standard InChI is InChI=1S/C14H21N3OS/c18-13(11-4-1-2-5-11)16-10-12-6-3-8-17(12)14-15-7-9-19-14/h7,9,11-12H,1-6,8,10H2,(H,16,18)/t12-/m1/s1. The number of carbonyl (C=O) groups is 1. The molecular formula is C14H21N3OS. The Morgan fingerprint density at radius 2 is 2.21 bits per heavy atom. The van der Waals surface area contributed by atoms with E-state index in [4.69, 9.17) is 0 Å². The van der Waals surface area contributed by atoms with E-state index in [2.05, 4.69) is 15.2 Å². The molecule has 5 heteroatoms. The van der Waals surface area contributed by atoms with Gasteiger partial charge in [0, 0.05) is 36.6 Å². The lowest BCUT2D eigenvalue weighted by Gasteiger charge is -2.24. The Morgan fingerprint density at radius 3 is 2.95 bits per heavy atom. The smallest absolute Gasteiger partial charge is 0.223 e. The van der Waals surface area contributed by atoms with Crippen molar-refractivity contribution < 1.29 is 4.79 Å². The molecule has 2 heterocycles. The van der Waals surface area contributed by atoms with Crippen molar-refractivity contribution in [2.75, 3.05) is 18.0 Å². The average Bonchev–Trinajstić information content (AvgIpc) is 3.14. The molecule has 2 aliphatic rings. The second-order valence-corrected chi connectivity index (χ2v) is 6.40. The summed E-state index contributed by atoms with van der Waals surface area (Å²) in [4.78, 5) is 18.8. The van der Waals surface area contributed by atoms with E-state index in [-0.39, 0.29) is 11.8 Å². The normalized spacial score (nSPS) is 24.0. The summed E-state index contributed by atoms with van der Waals surface area (Å²) in [6, 6.07) is 0.427. The van der Waals surface area contributed by atoms with E-state index >= 15 is 0 Å². The fraction of sp³-hybridized carbons (Fsp3) is 0.714. The minimum atomic E-state index is 0.267. The molecule has 104 valence electrons. The Labute approximate surface area is 118 Å². The first-order chi connectivity index (χ1) is 9.34. The summed E-state index contributed by atoms with van der Waals surface area (Å²) < 4.78 is 0. The van der Waals surface area contributed by atoms with Gasteiger partial charge in [-0.1, -0.05) is 12.8 Å². The van der Waals surface area contributed by atoms with Gasteiger partial charge in [0.15, 0.2) is 5.13 Å². The molecule has 1 saturated heterocycles. The van der Waals surface area contributed by atoms with Gasteiger partial charge in [-0.15, -0.1) is 11.3 Å². The highest BCUT2D eigenvalue weighted by Crippen LogP contribution is 2.27. The zero-order valence-electron chi connectivity index (χ0n) is 11.2. The molecule has 0 spiro atoms. The second kappa shape index (κ2) is 5.90. The summed E-state index contributed by atoms with van der Waals surface area (Å²) in [6.45, 7) is 1.84. The quantitative estimate of drug-likeness (QED) is 0.920. The van der Waals surface area contributed by atoms with Crippen LogP contribution >= 0.6 is 11.3 Å². The van der Waals surface area contributed by atoms with Crippen molar-refractivity contribution in [2.24, 2.45) is 5.92 Å². The van der Waals surface area contributed by atoms with Crippen molar-refractivity contribution in [1.29, 1.82) is 0 Å². The number of thiazole rings is 1. The van der Waals surface area contributed by atoms with Crippen molar-refractivity contribution >= 4 is 22.4 Å². The third kappa shape index (κ3) is 2.91. The number of aromatic nitrogens is 1. The van der Waals surface area contributed by atoms with Crippen LogP contribution in [0.4, 0.5) is 5.13 Å². The number of rotatable bonds is 4. The van der Waals surface area contributed by atoms with Gasteiger partial charge in [0.05, 0.1) is 0 Å². The van der Waals surface area contributed by atoms with Crippen molar-refractivity contribution in [3.8, 4) is 0 Å². The molecule has 0 aromatic carbocycles. The molecule has 0 unspecified atom stereocenters. The Hall–Kier alpha value is -1.10. The molecule has 0 bridgehead atoms. The summed E-state index contributed by atoms with van der Waals surface area (Å²) in [7, 11) is 0. The maximum Gasteiger partial charge on any atom is 0.223 e. The van der Waals surface area contributed by atoms with Crippen LogP contribution in [0.25, 0.3) is 0 Å². The first-order valence-corrected chi connectivity index (χ1v) is 8.16. The van der Waals surface area contributed by atoms with Gasteiger partial charge in [-0.2, -0.15) is 0 Å². The van der Waals surface area contributed by atoms with Crippen molar-refractivity contribution in [3.05, 3.63) is 11.6 Å². The maximum absolute atomic E-state index is 12.1. The molecule has 1 N–H and O–H groups in total. The summed E-state index contributed by atoms with van der Waals surface area (Å²) in [6.07, 6.45) is 8.79. The average molecular weight is 279 g/mol. The van der Waals surface area contributed by atoms with E-state index in [9.17, 15) is 4.79 Å². The van der Waals surface area contributed by atoms with Crippen LogP contribution in [0.5, 0.6) is 0 Å². The monoisotopic (exact) mass is 279 g/mol. The predicted molar refractivity (Wildman–Crippen MR) is 77.4 cm³/mol. The number of anilines is 1. The lowest BCUT2D eigenvalue weighted by atomic mass is 10.1. The maximum atomic E-state index is 12.1. The Bertz CT molecular complexity index is 414. The van der Waals surface area contributed by atoms with Crippen LogP contribution in [0, 0.1) is 5.92 Å². The minimum Gasteiger partial charge on any atom is -0.354 e. The highest BCUT2D eigenvalue weighted by Gasteiger charge is 2.28. The van der Waals surface area contributed by atoms with Gasteiger partial charge in [-0.3, -0.25) is 4.79 Å². The predicted octanol–water partition coefficient (Wildman–Crippen LogP) is 2.42. The highest BCUT2D eigenvalue weighted by atomic mass is 32.1. The first kappa shape index (κ1) is 12.9. The van der Waals surface area contributed by atoms with Crippen LogP contribution < -0.4 is 10.2 Å². The third-order valence-corrected chi connectivity index (χ3v) is 5.09. The summed E-state index contributed by atoms with van der Waals surface area (Å²) in [5.74, 6) is 0.540. The van der Waals surface area contributed by atoms with Gasteiger partial charge in [0.2, 0.25) is 5.91 Å². The van der Waals surface area contributed by atoms with Gasteiger partial charge >= 0.3 is 0 Å². The molecule has 1 aliphatic carbocycles. The highest BCUT2D eigenvalue weighted by molar-refractivity contribution is 7.13. The van der Waals surface area contributed by atoms with Crippen molar-refractivity contribution in [2.45, 2.75) is 44.6 Å². The van der Waals surface area contributed by atoms with E-state index in [0.717, 1.165) is 37.5 Å². The number of nitrogens with one attached hydrogen (secondary N) is 1. The molecule has 1 aromatic rings. The molecule has 19 heavy (non-hydrogen) atoms. The molecule has 1 aromatic heterocycles. The van der Waals surface area contributed by atoms with Crippen LogP contribution in [0.2, 0.25) is 0 Å². The molecule has 1 aliphatic heterocycles. The van der Waals surface area contributed by atoms with Crippen LogP contribution in [0.15, 0.2) is 11.6 Å². The zero-order chi connectivity index (χ0) is 13.1. The molecule has 0 radical (unpaired) electrons. The Morgan fingerprint density at radius 1 is 1.37 bits per heavy atom. The number of carbonyl (C=O) groups excluding carboxylic acids is 1. The molecule has 1 atom stereocenters. The van der Waals surface area contributed by atoms with Gasteiger partial charge < -0.3 is 10.2 Å². The molecular weight excluding hydrogens is 258 g/mol. The Balaban J connectivity index is 1.53. The molecule has 2 fully saturated rings. The molecule has 1 saturated carbocycles. The number of amides is 1. The number of hydrogen-bond donors (Lipinski definition) is 1. The molecule has 3 rings (SSSR count). The minimum absolute atomic E-state index is 0.267. The van der Waals surface area contributed by atoms with Gasteiger partial charge in [-0.25, -0.2) is 4.98 Å². The summed E-state index contributed by atoms with van der Waals surface area (Å²) in [5, 5.41) is 6.27. The van der Waals surface area contributed by atoms with Gasteiger partial charge in [-0.05, 0) is 25.7 Å². The summed E-state index contributed by atoms with van der Waals surface area (Å²) in [5.41, 5.74) is 0. The van der Waals surface area contributed by atoms with Gasteiger partial charge in [0.1, 0.15) is 0 Å². The van der Waals surface area contributed by atoms with Crippen LogP contribution in [0.3, 0.4) is 0 Å². The fourth-order valence-electron chi connectivity index (χ4n) is 3.21. The van der Waals surface area contributed by atoms with E-state index in [1.54, 1.807) is 11.3 Å². The second-order valence-electron chi connectivity index (χ2n) is 5.53.